The summed E-state index contributed by atoms with van der Waals surface area (Å²) in [6.45, 7) is 0. The lowest BCUT2D eigenvalue weighted by atomic mass is 10.0. The van der Waals surface area contributed by atoms with E-state index in [1.807, 2.05) is 36.4 Å². The molecule has 0 atom stereocenters. The minimum Gasteiger partial charge on any atom is -0.493 e. The Balaban J connectivity index is 2.46. The van der Waals surface area contributed by atoms with Crippen molar-refractivity contribution in [2.24, 2.45) is 0 Å². The Labute approximate surface area is 123 Å². The van der Waals surface area contributed by atoms with E-state index < -0.39 is 5.97 Å². The quantitative estimate of drug-likeness (QED) is 0.853. The molecule has 0 fully saturated rings. The highest BCUT2D eigenvalue weighted by Gasteiger charge is 2.14. The van der Waals surface area contributed by atoms with Crippen LogP contribution in [0.15, 0.2) is 42.5 Å². The van der Waals surface area contributed by atoms with Crippen LogP contribution in [0.1, 0.15) is 21.5 Å². The molecule has 0 aliphatic heterocycles. The number of rotatable bonds is 5. The first-order valence-electron chi connectivity index (χ1n) is 6.38. The zero-order chi connectivity index (χ0) is 15.2. The number of carboxylic acid groups (broad SMARTS) is 1. The zero-order valence-corrected chi connectivity index (χ0v) is 11.9. The fourth-order valence-corrected chi connectivity index (χ4v) is 1.97. The van der Waals surface area contributed by atoms with Crippen LogP contribution in [0.5, 0.6) is 11.5 Å². The van der Waals surface area contributed by atoms with Crippen LogP contribution in [-0.2, 0) is 0 Å². The Morgan fingerprint density at radius 2 is 1.62 bits per heavy atom. The summed E-state index contributed by atoms with van der Waals surface area (Å²) in [6, 6.07) is 12.8. The SMILES string of the molecule is COc1cc(/C=C/c2ccccc2)c(C(=O)O)cc1OC. The van der Waals surface area contributed by atoms with Gasteiger partial charge >= 0.3 is 5.97 Å². The van der Waals surface area contributed by atoms with E-state index in [4.69, 9.17) is 9.47 Å². The smallest absolute Gasteiger partial charge is 0.336 e. The van der Waals surface area contributed by atoms with Crippen LogP contribution in [0.4, 0.5) is 0 Å². The lowest BCUT2D eigenvalue weighted by Crippen LogP contribution is -2.02. The highest BCUT2D eigenvalue weighted by atomic mass is 16.5. The molecular weight excluding hydrogens is 268 g/mol. The Morgan fingerprint density at radius 1 is 1.00 bits per heavy atom. The molecule has 0 amide bonds. The van der Waals surface area contributed by atoms with Crippen molar-refractivity contribution in [2.45, 2.75) is 0 Å². The average molecular weight is 284 g/mol. The normalized spacial score (nSPS) is 10.6. The van der Waals surface area contributed by atoms with Crippen LogP contribution < -0.4 is 9.47 Å². The van der Waals surface area contributed by atoms with Crippen molar-refractivity contribution in [1.82, 2.24) is 0 Å². The predicted molar refractivity (Wildman–Crippen MR) is 81.9 cm³/mol. The maximum absolute atomic E-state index is 11.4. The summed E-state index contributed by atoms with van der Waals surface area (Å²) < 4.78 is 10.3. The molecule has 21 heavy (non-hydrogen) atoms. The predicted octanol–water partition coefficient (Wildman–Crippen LogP) is 3.57. The molecule has 2 rings (SSSR count). The van der Waals surface area contributed by atoms with Gasteiger partial charge in [-0.3, -0.25) is 0 Å². The first-order valence-corrected chi connectivity index (χ1v) is 6.38. The van der Waals surface area contributed by atoms with Crippen LogP contribution in [0, 0.1) is 0 Å². The van der Waals surface area contributed by atoms with E-state index in [0.29, 0.717) is 17.1 Å². The van der Waals surface area contributed by atoms with Crippen molar-refractivity contribution in [1.29, 1.82) is 0 Å². The average Bonchev–Trinajstić information content (AvgIpc) is 2.52. The number of ether oxygens (including phenoxy) is 2. The summed E-state index contributed by atoms with van der Waals surface area (Å²) in [5.74, 6) is -0.120. The largest absolute Gasteiger partial charge is 0.493 e. The number of methoxy groups -OCH3 is 2. The van der Waals surface area contributed by atoms with Gasteiger partial charge in [0.05, 0.1) is 19.8 Å². The molecule has 0 aliphatic carbocycles. The molecule has 108 valence electrons. The van der Waals surface area contributed by atoms with E-state index in [0.717, 1.165) is 5.56 Å². The van der Waals surface area contributed by atoms with Crippen LogP contribution >= 0.6 is 0 Å². The molecule has 0 bridgehead atoms. The number of carbonyl (C=O) groups is 1. The fourth-order valence-electron chi connectivity index (χ4n) is 1.97. The third-order valence-corrected chi connectivity index (χ3v) is 3.04. The summed E-state index contributed by atoms with van der Waals surface area (Å²) in [7, 11) is 2.99. The monoisotopic (exact) mass is 284 g/mol. The van der Waals surface area contributed by atoms with Gasteiger partial charge in [0.2, 0.25) is 0 Å². The fraction of sp³-hybridized carbons (Fsp3) is 0.118. The second kappa shape index (κ2) is 6.61. The Bertz CT molecular complexity index is 660. The molecule has 0 radical (unpaired) electrons. The van der Waals surface area contributed by atoms with Crippen molar-refractivity contribution >= 4 is 18.1 Å². The summed E-state index contributed by atoms with van der Waals surface area (Å²) in [4.78, 5) is 11.4. The molecule has 0 aromatic heterocycles. The van der Waals surface area contributed by atoms with Crippen molar-refractivity contribution in [2.75, 3.05) is 14.2 Å². The van der Waals surface area contributed by atoms with E-state index in [2.05, 4.69) is 0 Å². The number of benzene rings is 2. The summed E-state index contributed by atoms with van der Waals surface area (Å²) in [5.41, 5.74) is 1.72. The molecule has 2 aromatic carbocycles. The molecular formula is C17H16O4. The lowest BCUT2D eigenvalue weighted by molar-refractivity contribution is 0.0696. The van der Waals surface area contributed by atoms with Crippen LogP contribution in [-0.4, -0.2) is 25.3 Å². The summed E-state index contributed by atoms with van der Waals surface area (Å²) >= 11 is 0. The summed E-state index contributed by atoms with van der Waals surface area (Å²) in [5, 5.41) is 9.32. The first kappa shape index (κ1) is 14.7. The molecule has 0 saturated carbocycles. The minimum atomic E-state index is -1.01. The van der Waals surface area contributed by atoms with E-state index in [-0.39, 0.29) is 5.56 Å². The van der Waals surface area contributed by atoms with Gasteiger partial charge in [0, 0.05) is 0 Å². The van der Waals surface area contributed by atoms with Crippen molar-refractivity contribution in [3.63, 3.8) is 0 Å². The van der Waals surface area contributed by atoms with Gasteiger partial charge in [-0.1, -0.05) is 42.5 Å². The summed E-state index contributed by atoms with van der Waals surface area (Å²) in [6.07, 6.45) is 3.61. The van der Waals surface area contributed by atoms with Crippen molar-refractivity contribution in [3.05, 3.63) is 59.2 Å². The third-order valence-electron chi connectivity index (χ3n) is 3.04. The van der Waals surface area contributed by atoms with Crippen LogP contribution in [0.25, 0.3) is 12.2 Å². The second-order valence-corrected chi connectivity index (χ2v) is 4.34. The Morgan fingerprint density at radius 3 is 2.19 bits per heavy atom. The minimum absolute atomic E-state index is 0.167. The van der Waals surface area contributed by atoms with E-state index in [1.54, 1.807) is 12.1 Å². The van der Waals surface area contributed by atoms with Gasteiger partial charge < -0.3 is 14.6 Å². The van der Waals surface area contributed by atoms with E-state index in [9.17, 15) is 9.90 Å². The highest BCUT2D eigenvalue weighted by molar-refractivity contribution is 5.94. The van der Waals surface area contributed by atoms with E-state index in [1.165, 1.54) is 20.3 Å². The topological polar surface area (TPSA) is 55.8 Å². The van der Waals surface area contributed by atoms with Crippen LogP contribution in [0.3, 0.4) is 0 Å². The molecule has 0 spiro atoms. The molecule has 4 heteroatoms. The molecule has 0 aliphatic rings. The van der Waals surface area contributed by atoms with Gasteiger partial charge in [0.1, 0.15) is 0 Å². The highest BCUT2D eigenvalue weighted by Crippen LogP contribution is 2.31. The zero-order valence-electron chi connectivity index (χ0n) is 11.9. The maximum Gasteiger partial charge on any atom is 0.336 e. The second-order valence-electron chi connectivity index (χ2n) is 4.34. The van der Waals surface area contributed by atoms with Gasteiger partial charge in [0.25, 0.3) is 0 Å². The van der Waals surface area contributed by atoms with Gasteiger partial charge in [-0.15, -0.1) is 0 Å². The molecule has 2 aromatic rings. The first-order chi connectivity index (χ1) is 10.2. The lowest BCUT2D eigenvalue weighted by Gasteiger charge is -2.10. The van der Waals surface area contributed by atoms with Crippen molar-refractivity contribution < 1.29 is 19.4 Å². The van der Waals surface area contributed by atoms with Gasteiger partial charge in [-0.2, -0.15) is 0 Å². The number of carboxylic acids is 1. The van der Waals surface area contributed by atoms with Crippen LogP contribution in [0.2, 0.25) is 0 Å². The number of hydrogen-bond acceptors (Lipinski definition) is 3. The third kappa shape index (κ3) is 3.42. The van der Waals surface area contributed by atoms with Gasteiger partial charge in [0.15, 0.2) is 11.5 Å². The number of aromatic carboxylic acids is 1. The Kier molecular flexibility index (Phi) is 4.61. The Hall–Kier alpha value is -2.75. The maximum atomic E-state index is 11.4. The standard InChI is InChI=1S/C17H16O4/c1-20-15-10-13(9-8-12-6-4-3-5-7-12)14(17(18)19)11-16(15)21-2/h3-11H,1-2H3,(H,18,19)/b9-8+. The molecule has 0 saturated heterocycles. The van der Waals surface area contributed by atoms with Gasteiger partial charge in [-0.25, -0.2) is 4.79 Å². The van der Waals surface area contributed by atoms with E-state index >= 15 is 0 Å². The van der Waals surface area contributed by atoms with Crippen molar-refractivity contribution in [3.8, 4) is 11.5 Å². The molecule has 4 nitrogen and oxygen atoms in total. The number of hydrogen-bond donors (Lipinski definition) is 1. The van der Waals surface area contributed by atoms with Gasteiger partial charge in [-0.05, 0) is 23.3 Å². The molecule has 0 heterocycles. The molecule has 0 unspecified atom stereocenters. The molecule has 1 N–H and O–H groups in total.